The number of aromatic hydroxyl groups is 1. The third kappa shape index (κ3) is 4.35. The van der Waals surface area contributed by atoms with E-state index in [0.717, 1.165) is 11.9 Å². The zero-order valence-electron chi connectivity index (χ0n) is 15.3. The van der Waals surface area contributed by atoms with E-state index in [1.165, 1.54) is 18.4 Å². The van der Waals surface area contributed by atoms with Crippen LogP contribution in [0.1, 0.15) is 19.1 Å². The summed E-state index contributed by atoms with van der Waals surface area (Å²) in [5.41, 5.74) is 1.06. The number of carbonyl (C=O) groups is 2. The zero-order chi connectivity index (χ0) is 19.9. The van der Waals surface area contributed by atoms with Crippen LogP contribution in [0.4, 0.5) is 5.69 Å². The van der Waals surface area contributed by atoms with Crippen LogP contribution >= 0.6 is 0 Å². The van der Waals surface area contributed by atoms with Crippen molar-refractivity contribution in [2.45, 2.75) is 19.9 Å². The topological polar surface area (TPSA) is 109 Å². The van der Waals surface area contributed by atoms with Gasteiger partial charge in [0.1, 0.15) is 12.3 Å². The maximum absolute atomic E-state index is 11.9. The number of nitrogens with one attached hydrogen (secondary N) is 1. The highest BCUT2D eigenvalue weighted by molar-refractivity contribution is 5.96. The number of amides is 2. The Balaban J connectivity index is 1.66. The molecule has 0 aliphatic rings. The highest BCUT2D eigenvalue weighted by atomic mass is 16.3. The van der Waals surface area contributed by atoms with Crippen LogP contribution in [0.15, 0.2) is 63.4 Å². The van der Waals surface area contributed by atoms with Gasteiger partial charge in [-0.1, -0.05) is 25.1 Å². The van der Waals surface area contributed by atoms with Gasteiger partial charge in [0.25, 0.3) is 5.91 Å². The van der Waals surface area contributed by atoms with Crippen LogP contribution in [0, 0.1) is 0 Å². The molecule has 0 unspecified atom stereocenters. The Morgan fingerprint density at radius 1 is 1.25 bits per heavy atom. The number of benzene rings is 1. The van der Waals surface area contributed by atoms with Gasteiger partial charge in [0, 0.05) is 18.0 Å². The van der Waals surface area contributed by atoms with Crippen molar-refractivity contribution in [2.75, 3.05) is 6.54 Å². The predicted molar refractivity (Wildman–Crippen MR) is 104 cm³/mol. The number of hydrogen-bond donors (Lipinski definition) is 2. The number of fused-ring (bicyclic) bond motifs is 1. The molecule has 2 amide bonds. The molecule has 3 aromatic rings. The third-order valence-electron chi connectivity index (χ3n) is 3.98. The molecule has 0 saturated heterocycles. The Morgan fingerprint density at radius 3 is 2.82 bits per heavy atom. The molecule has 28 heavy (non-hydrogen) atoms. The summed E-state index contributed by atoms with van der Waals surface area (Å²) in [4.78, 5) is 23.6. The van der Waals surface area contributed by atoms with E-state index in [0.29, 0.717) is 17.7 Å². The molecule has 1 aromatic carbocycles. The second-order valence-corrected chi connectivity index (χ2v) is 6.00. The monoisotopic (exact) mass is 380 g/mol. The normalized spacial score (nSPS) is 11.6. The van der Waals surface area contributed by atoms with E-state index < -0.39 is 11.8 Å². The summed E-state index contributed by atoms with van der Waals surface area (Å²) in [6.07, 6.45) is 5.07. The van der Waals surface area contributed by atoms with Crippen LogP contribution in [-0.4, -0.2) is 28.0 Å². The highest BCUT2D eigenvalue weighted by Gasteiger charge is 2.16. The predicted octanol–water partition coefficient (Wildman–Crippen LogP) is 3.79. The number of hydrogen-bond acceptors (Lipinski definition) is 5. The van der Waals surface area contributed by atoms with E-state index in [1.807, 2.05) is 25.1 Å². The minimum atomic E-state index is -0.633. The molecule has 2 aromatic heterocycles. The van der Waals surface area contributed by atoms with Crippen LogP contribution in [0.3, 0.4) is 0 Å². The van der Waals surface area contributed by atoms with E-state index in [9.17, 15) is 14.7 Å². The molecule has 3 rings (SSSR count). The van der Waals surface area contributed by atoms with Crippen molar-refractivity contribution in [2.24, 2.45) is 10.2 Å². The Morgan fingerprint density at radius 2 is 2.07 bits per heavy atom. The van der Waals surface area contributed by atoms with Gasteiger partial charge in [-0.25, -0.2) is 0 Å². The minimum absolute atomic E-state index is 0.0370. The standard InChI is InChI=1S/C20H20N4O4/c1-2-11-24-16-8-4-3-7-15(16)19(20(24)27)23-22-18(26)13-21-17(25)10-9-14-6-5-12-28-14/h3-10,12,27H,2,11,13H2,1H3,(H,21,25). The Labute approximate surface area is 161 Å². The van der Waals surface area contributed by atoms with Crippen molar-refractivity contribution < 1.29 is 19.1 Å². The number of para-hydroxylation sites is 1. The molecule has 0 aliphatic heterocycles. The number of furan rings is 1. The number of rotatable bonds is 7. The molecule has 0 atom stereocenters. The summed E-state index contributed by atoms with van der Waals surface area (Å²) in [5, 5.41) is 21.1. The fourth-order valence-electron chi connectivity index (χ4n) is 2.73. The van der Waals surface area contributed by atoms with Crippen LogP contribution in [-0.2, 0) is 16.1 Å². The summed E-state index contributed by atoms with van der Waals surface area (Å²) in [7, 11) is 0. The van der Waals surface area contributed by atoms with Gasteiger partial charge in [-0.15, -0.1) is 10.2 Å². The van der Waals surface area contributed by atoms with Gasteiger partial charge >= 0.3 is 0 Å². The number of carbonyl (C=O) groups excluding carboxylic acids is 2. The molecule has 0 saturated carbocycles. The molecule has 0 bridgehead atoms. The van der Waals surface area contributed by atoms with Crippen LogP contribution in [0.25, 0.3) is 17.0 Å². The van der Waals surface area contributed by atoms with Gasteiger partial charge in [-0.3, -0.25) is 9.59 Å². The third-order valence-corrected chi connectivity index (χ3v) is 3.98. The van der Waals surface area contributed by atoms with Crippen molar-refractivity contribution in [3.63, 3.8) is 0 Å². The van der Waals surface area contributed by atoms with Crippen LogP contribution in [0.2, 0.25) is 0 Å². The number of azo groups is 1. The molecule has 0 aliphatic carbocycles. The van der Waals surface area contributed by atoms with Gasteiger partial charge in [0.05, 0.1) is 11.8 Å². The van der Waals surface area contributed by atoms with E-state index in [4.69, 9.17) is 4.42 Å². The van der Waals surface area contributed by atoms with Crippen molar-refractivity contribution in [1.29, 1.82) is 0 Å². The first-order valence-electron chi connectivity index (χ1n) is 8.84. The fourth-order valence-corrected chi connectivity index (χ4v) is 2.73. The number of aryl methyl sites for hydroxylation is 1. The second kappa shape index (κ2) is 8.81. The molecule has 8 nitrogen and oxygen atoms in total. The summed E-state index contributed by atoms with van der Waals surface area (Å²) in [5.74, 6) is -0.598. The van der Waals surface area contributed by atoms with E-state index in [1.54, 1.807) is 22.8 Å². The fraction of sp³-hybridized carbons (Fsp3) is 0.200. The van der Waals surface area contributed by atoms with Crippen molar-refractivity contribution in [3.8, 4) is 5.88 Å². The number of nitrogens with zero attached hydrogens (tertiary/aromatic N) is 3. The van der Waals surface area contributed by atoms with Gasteiger partial charge < -0.3 is 19.4 Å². The first-order valence-corrected chi connectivity index (χ1v) is 8.84. The molecule has 0 spiro atoms. The van der Waals surface area contributed by atoms with E-state index in [2.05, 4.69) is 15.5 Å². The SMILES string of the molecule is CCCn1c(O)c(N=NC(=O)CNC(=O)C=Cc2ccco2)c2ccccc21. The van der Waals surface area contributed by atoms with E-state index in [-0.39, 0.29) is 18.1 Å². The second-order valence-electron chi connectivity index (χ2n) is 6.00. The van der Waals surface area contributed by atoms with Gasteiger partial charge in [0.15, 0.2) is 5.69 Å². The van der Waals surface area contributed by atoms with E-state index >= 15 is 0 Å². The smallest absolute Gasteiger partial charge is 0.283 e. The Bertz CT molecular complexity index is 1030. The quantitative estimate of drug-likeness (QED) is 0.480. The molecule has 0 fully saturated rings. The van der Waals surface area contributed by atoms with Gasteiger partial charge in [-0.2, -0.15) is 0 Å². The molecule has 2 N–H and O–H groups in total. The lowest BCUT2D eigenvalue weighted by Crippen LogP contribution is -2.26. The lowest BCUT2D eigenvalue weighted by Gasteiger charge is -2.03. The number of aromatic nitrogens is 1. The molecule has 8 heteroatoms. The van der Waals surface area contributed by atoms with Crippen molar-refractivity contribution in [1.82, 2.24) is 9.88 Å². The van der Waals surface area contributed by atoms with Crippen molar-refractivity contribution in [3.05, 3.63) is 54.5 Å². The first kappa shape index (κ1) is 19.1. The summed E-state index contributed by atoms with van der Waals surface area (Å²) >= 11 is 0. The molecular weight excluding hydrogens is 360 g/mol. The molecule has 144 valence electrons. The maximum atomic E-state index is 11.9. The van der Waals surface area contributed by atoms with Crippen LogP contribution in [0.5, 0.6) is 5.88 Å². The van der Waals surface area contributed by atoms with Gasteiger partial charge in [0.2, 0.25) is 11.8 Å². The largest absolute Gasteiger partial charge is 0.493 e. The summed E-state index contributed by atoms with van der Waals surface area (Å²) in [6, 6.07) is 10.8. The first-order chi connectivity index (χ1) is 13.6. The minimum Gasteiger partial charge on any atom is -0.493 e. The lowest BCUT2D eigenvalue weighted by molar-refractivity contribution is -0.122. The maximum Gasteiger partial charge on any atom is 0.283 e. The molecule has 0 radical (unpaired) electrons. The van der Waals surface area contributed by atoms with Gasteiger partial charge in [-0.05, 0) is 30.7 Å². The Kier molecular flexibility index (Phi) is 6.01. The zero-order valence-corrected chi connectivity index (χ0v) is 15.3. The summed E-state index contributed by atoms with van der Waals surface area (Å²) < 4.78 is 6.80. The summed E-state index contributed by atoms with van der Waals surface area (Å²) in [6.45, 7) is 2.31. The average molecular weight is 380 g/mol. The molecular formula is C20H20N4O4. The lowest BCUT2D eigenvalue weighted by atomic mass is 10.2. The highest BCUT2D eigenvalue weighted by Crippen LogP contribution is 2.38. The molecule has 2 heterocycles. The van der Waals surface area contributed by atoms with Crippen molar-refractivity contribution >= 4 is 34.5 Å². The average Bonchev–Trinajstić information content (AvgIpc) is 3.31. The van der Waals surface area contributed by atoms with Crippen LogP contribution < -0.4 is 5.32 Å². The Hall–Kier alpha value is -3.68.